The van der Waals surface area contributed by atoms with Crippen molar-refractivity contribution >= 4 is 17.7 Å². The molecule has 0 fully saturated rings. The number of rotatable bonds is 6. The van der Waals surface area contributed by atoms with E-state index in [2.05, 4.69) is 15.6 Å². The van der Waals surface area contributed by atoms with E-state index in [9.17, 15) is 9.59 Å². The van der Waals surface area contributed by atoms with E-state index < -0.39 is 0 Å². The second-order valence-corrected chi connectivity index (χ2v) is 5.36. The molecule has 1 rings (SSSR count). The molecule has 0 aliphatic heterocycles. The van der Waals surface area contributed by atoms with Crippen LogP contribution in [-0.2, 0) is 11.3 Å². The van der Waals surface area contributed by atoms with E-state index in [1.807, 2.05) is 20.8 Å². The van der Waals surface area contributed by atoms with Crippen LogP contribution in [0.5, 0.6) is 0 Å². The lowest BCUT2D eigenvalue weighted by molar-refractivity contribution is -0.121. The zero-order valence-corrected chi connectivity index (χ0v) is 11.6. The molecule has 1 unspecified atom stereocenters. The minimum Gasteiger partial charge on any atom is -0.293 e. The first-order chi connectivity index (χ1) is 8.51. The van der Waals surface area contributed by atoms with Gasteiger partial charge in [-0.3, -0.25) is 14.8 Å². The number of nitrogens with zero attached hydrogens (tertiary/aromatic N) is 2. The fourth-order valence-corrected chi connectivity index (χ4v) is 2.58. The van der Waals surface area contributed by atoms with Gasteiger partial charge < -0.3 is 0 Å². The standard InChI is InChI=1S/C10H19N5O2S/c1-4-5-15-9(17)13-14-10(15)18-7(6(2)3)8(16)12-11/h6-7H,4-5,11H2,1-3H3,(H,12,16)(H,13,17). The molecule has 7 nitrogen and oxygen atoms in total. The van der Waals surface area contributed by atoms with Crippen LogP contribution in [0, 0.1) is 5.92 Å². The van der Waals surface area contributed by atoms with Gasteiger partial charge in [0.15, 0.2) is 5.16 Å². The quantitative estimate of drug-likeness (QED) is 0.295. The first-order valence-electron chi connectivity index (χ1n) is 5.83. The summed E-state index contributed by atoms with van der Waals surface area (Å²) in [5.41, 5.74) is 1.89. The SMILES string of the molecule is CCCn1c(SC(C(=O)NN)C(C)C)n[nH]c1=O. The summed E-state index contributed by atoms with van der Waals surface area (Å²) >= 11 is 1.25. The molecule has 1 amide bonds. The normalized spacial score (nSPS) is 12.7. The van der Waals surface area contributed by atoms with Crippen LogP contribution in [0.3, 0.4) is 0 Å². The minimum atomic E-state index is -0.374. The Kier molecular flexibility index (Phi) is 5.42. The van der Waals surface area contributed by atoms with E-state index in [-0.39, 0.29) is 22.8 Å². The van der Waals surface area contributed by atoms with Crippen LogP contribution in [0.4, 0.5) is 0 Å². The van der Waals surface area contributed by atoms with Gasteiger partial charge in [0.1, 0.15) is 0 Å². The molecule has 4 N–H and O–H groups in total. The highest BCUT2D eigenvalue weighted by Gasteiger charge is 2.25. The maximum absolute atomic E-state index is 11.7. The number of hydrogen-bond acceptors (Lipinski definition) is 5. The number of aromatic amines is 1. The summed E-state index contributed by atoms with van der Waals surface area (Å²) in [5, 5.41) is 6.48. The molecule has 0 bridgehead atoms. The molecule has 1 heterocycles. The minimum absolute atomic E-state index is 0.0837. The van der Waals surface area contributed by atoms with Crippen molar-refractivity contribution in [1.29, 1.82) is 0 Å². The number of nitrogens with two attached hydrogens (primary N) is 1. The van der Waals surface area contributed by atoms with Crippen molar-refractivity contribution in [3.63, 3.8) is 0 Å². The molecule has 0 radical (unpaired) electrons. The number of carbonyl (C=O) groups is 1. The molecule has 0 spiro atoms. The summed E-state index contributed by atoms with van der Waals surface area (Å²) < 4.78 is 1.53. The molecular weight excluding hydrogens is 254 g/mol. The van der Waals surface area contributed by atoms with Crippen LogP contribution in [0.1, 0.15) is 27.2 Å². The molecule has 0 aliphatic carbocycles. The molecule has 102 valence electrons. The first-order valence-corrected chi connectivity index (χ1v) is 6.71. The molecule has 0 saturated carbocycles. The summed E-state index contributed by atoms with van der Waals surface area (Å²) in [6.07, 6.45) is 0.822. The topological polar surface area (TPSA) is 106 Å². The van der Waals surface area contributed by atoms with Crippen molar-refractivity contribution in [3.8, 4) is 0 Å². The van der Waals surface area contributed by atoms with Crippen molar-refractivity contribution < 1.29 is 4.79 Å². The Labute approximate surface area is 109 Å². The van der Waals surface area contributed by atoms with Crippen LogP contribution < -0.4 is 17.0 Å². The van der Waals surface area contributed by atoms with Gasteiger partial charge in [-0.05, 0) is 12.3 Å². The first kappa shape index (κ1) is 14.8. The summed E-state index contributed by atoms with van der Waals surface area (Å²) in [5.74, 6) is 4.97. The molecule has 0 saturated heterocycles. The maximum Gasteiger partial charge on any atom is 0.343 e. The van der Waals surface area contributed by atoms with Crippen LogP contribution in [-0.4, -0.2) is 25.9 Å². The van der Waals surface area contributed by atoms with Gasteiger partial charge in [0.25, 0.3) is 0 Å². The van der Waals surface area contributed by atoms with E-state index in [0.717, 1.165) is 6.42 Å². The largest absolute Gasteiger partial charge is 0.343 e. The van der Waals surface area contributed by atoms with Gasteiger partial charge in [-0.25, -0.2) is 15.7 Å². The number of H-pyrrole nitrogens is 1. The number of carbonyl (C=O) groups excluding carboxylic acids is 1. The van der Waals surface area contributed by atoms with Crippen molar-refractivity contribution in [3.05, 3.63) is 10.5 Å². The number of nitrogens with one attached hydrogen (secondary N) is 2. The lowest BCUT2D eigenvalue weighted by Gasteiger charge is -2.17. The van der Waals surface area contributed by atoms with E-state index in [4.69, 9.17) is 5.84 Å². The maximum atomic E-state index is 11.7. The van der Waals surface area contributed by atoms with Crippen molar-refractivity contribution in [1.82, 2.24) is 20.2 Å². The zero-order valence-electron chi connectivity index (χ0n) is 10.8. The second kappa shape index (κ2) is 6.60. The Morgan fingerprint density at radius 1 is 1.61 bits per heavy atom. The predicted molar refractivity (Wildman–Crippen MR) is 70.0 cm³/mol. The summed E-state index contributed by atoms with van der Waals surface area (Å²) in [6, 6.07) is 0. The highest BCUT2D eigenvalue weighted by atomic mass is 32.2. The van der Waals surface area contributed by atoms with Crippen LogP contribution in [0.2, 0.25) is 0 Å². The van der Waals surface area contributed by atoms with E-state index in [1.54, 1.807) is 0 Å². The monoisotopic (exact) mass is 273 g/mol. The number of hydrogen-bond donors (Lipinski definition) is 3. The average molecular weight is 273 g/mol. The van der Waals surface area contributed by atoms with Crippen molar-refractivity contribution in [2.45, 2.75) is 44.1 Å². The Balaban J connectivity index is 2.94. The fourth-order valence-electron chi connectivity index (χ4n) is 1.50. The molecule has 1 aromatic rings. The zero-order chi connectivity index (χ0) is 13.7. The molecule has 0 aromatic carbocycles. The third kappa shape index (κ3) is 3.36. The van der Waals surface area contributed by atoms with E-state index in [1.165, 1.54) is 16.3 Å². The Bertz CT molecular complexity index is 453. The number of hydrazine groups is 1. The molecule has 1 atom stereocenters. The number of aromatic nitrogens is 3. The van der Waals surface area contributed by atoms with Gasteiger partial charge in [0.05, 0.1) is 5.25 Å². The van der Waals surface area contributed by atoms with Crippen molar-refractivity contribution in [2.75, 3.05) is 0 Å². The van der Waals surface area contributed by atoms with Crippen LogP contribution >= 0.6 is 11.8 Å². The highest BCUT2D eigenvalue weighted by molar-refractivity contribution is 8.00. The summed E-state index contributed by atoms with van der Waals surface area (Å²) in [4.78, 5) is 23.2. The van der Waals surface area contributed by atoms with Crippen molar-refractivity contribution in [2.24, 2.45) is 11.8 Å². The Morgan fingerprint density at radius 3 is 2.78 bits per heavy atom. The Hall–Kier alpha value is -1.28. The molecular formula is C10H19N5O2S. The van der Waals surface area contributed by atoms with Crippen LogP contribution in [0.15, 0.2) is 9.95 Å². The van der Waals surface area contributed by atoms with Gasteiger partial charge in [-0.15, -0.1) is 5.10 Å². The smallest absolute Gasteiger partial charge is 0.293 e. The third-order valence-corrected chi connectivity index (χ3v) is 3.94. The third-order valence-electron chi connectivity index (χ3n) is 2.41. The van der Waals surface area contributed by atoms with Crippen LogP contribution in [0.25, 0.3) is 0 Å². The van der Waals surface area contributed by atoms with Gasteiger partial charge >= 0.3 is 5.69 Å². The van der Waals surface area contributed by atoms with Gasteiger partial charge in [-0.1, -0.05) is 32.5 Å². The Morgan fingerprint density at radius 2 is 2.28 bits per heavy atom. The number of amides is 1. The molecule has 18 heavy (non-hydrogen) atoms. The highest BCUT2D eigenvalue weighted by Crippen LogP contribution is 2.25. The number of thioether (sulfide) groups is 1. The second-order valence-electron chi connectivity index (χ2n) is 4.25. The summed E-state index contributed by atoms with van der Waals surface area (Å²) in [6.45, 7) is 6.39. The fraction of sp³-hybridized carbons (Fsp3) is 0.700. The van der Waals surface area contributed by atoms with Gasteiger partial charge in [-0.2, -0.15) is 0 Å². The summed E-state index contributed by atoms with van der Waals surface area (Å²) in [7, 11) is 0. The predicted octanol–water partition coefficient (Wildman–Crippen LogP) is 0.0880. The molecule has 8 heteroatoms. The lowest BCUT2D eigenvalue weighted by atomic mass is 10.1. The molecule has 1 aromatic heterocycles. The van der Waals surface area contributed by atoms with E-state index in [0.29, 0.717) is 11.7 Å². The van der Waals surface area contributed by atoms with Gasteiger partial charge in [0, 0.05) is 6.54 Å². The average Bonchev–Trinajstić information content (AvgIpc) is 2.67. The lowest BCUT2D eigenvalue weighted by Crippen LogP contribution is -2.40. The molecule has 0 aliphatic rings. The van der Waals surface area contributed by atoms with Gasteiger partial charge in [0.2, 0.25) is 5.91 Å². The van der Waals surface area contributed by atoms with E-state index >= 15 is 0 Å².